The average Bonchev–Trinajstić information content (AvgIpc) is 2.62. The minimum absolute atomic E-state index is 0.139. The monoisotopic (exact) mass is 298 g/mol. The molecule has 0 aromatic rings. The maximum absolute atomic E-state index is 13.0. The molecule has 1 atom stereocenters. The van der Waals surface area contributed by atoms with E-state index < -0.39 is 5.41 Å². The van der Waals surface area contributed by atoms with Crippen LogP contribution in [0.3, 0.4) is 0 Å². The summed E-state index contributed by atoms with van der Waals surface area (Å²) in [6.45, 7) is 6.48. The standard InChI is InChI=1S/C16H30N2OS/c1-12(2)11-13(3)18(4)15(19)16(14(17)20)9-7-5-6-8-10-16/h12-13H,5-11H2,1-4H3,(H2,17,20). The number of carbonyl (C=O) groups is 1. The maximum atomic E-state index is 13.0. The molecule has 1 rings (SSSR count). The molecule has 0 saturated heterocycles. The second-order valence-corrected chi connectivity index (χ2v) is 7.20. The highest BCUT2D eigenvalue weighted by atomic mass is 32.1. The van der Waals surface area contributed by atoms with E-state index in [2.05, 4.69) is 20.8 Å². The van der Waals surface area contributed by atoms with Gasteiger partial charge in [-0.15, -0.1) is 0 Å². The minimum Gasteiger partial charge on any atom is -0.392 e. The van der Waals surface area contributed by atoms with Gasteiger partial charge >= 0.3 is 0 Å². The third kappa shape index (κ3) is 3.94. The lowest BCUT2D eigenvalue weighted by Crippen LogP contribution is -2.51. The predicted molar refractivity (Wildman–Crippen MR) is 88.6 cm³/mol. The van der Waals surface area contributed by atoms with Gasteiger partial charge in [0.1, 0.15) is 0 Å². The smallest absolute Gasteiger partial charge is 0.235 e. The largest absolute Gasteiger partial charge is 0.392 e. The summed E-state index contributed by atoms with van der Waals surface area (Å²) >= 11 is 5.29. The summed E-state index contributed by atoms with van der Waals surface area (Å²) in [6.07, 6.45) is 7.12. The normalized spacial score (nSPS) is 20.2. The van der Waals surface area contributed by atoms with Crippen LogP contribution in [-0.4, -0.2) is 28.9 Å². The number of amides is 1. The number of carbonyl (C=O) groups excluding carboxylic acids is 1. The lowest BCUT2D eigenvalue weighted by molar-refractivity contribution is -0.139. The van der Waals surface area contributed by atoms with Crippen molar-refractivity contribution in [1.82, 2.24) is 4.90 Å². The summed E-state index contributed by atoms with van der Waals surface area (Å²) < 4.78 is 0. The van der Waals surface area contributed by atoms with Gasteiger partial charge in [0.05, 0.1) is 10.4 Å². The zero-order valence-electron chi connectivity index (χ0n) is 13.4. The Morgan fingerprint density at radius 3 is 2.10 bits per heavy atom. The van der Waals surface area contributed by atoms with Crippen molar-refractivity contribution in [1.29, 1.82) is 0 Å². The summed E-state index contributed by atoms with van der Waals surface area (Å²) in [4.78, 5) is 15.3. The Bertz CT molecular complexity index is 346. The second-order valence-electron chi connectivity index (χ2n) is 6.76. The van der Waals surface area contributed by atoms with Crippen molar-refractivity contribution >= 4 is 23.1 Å². The van der Waals surface area contributed by atoms with E-state index in [0.717, 1.165) is 32.1 Å². The SMILES string of the molecule is CC(C)CC(C)N(C)C(=O)C1(C(N)=S)CCCCCC1. The Morgan fingerprint density at radius 2 is 1.70 bits per heavy atom. The first kappa shape index (κ1) is 17.4. The van der Waals surface area contributed by atoms with Crippen LogP contribution in [0.4, 0.5) is 0 Å². The number of nitrogens with two attached hydrogens (primary N) is 1. The first-order chi connectivity index (χ1) is 9.31. The van der Waals surface area contributed by atoms with E-state index in [9.17, 15) is 4.79 Å². The van der Waals surface area contributed by atoms with Crippen LogP contribution < -0.4 is 5.73 Å². The molecule has 4 heteroatoms. The lowest BCUT2D eigenvalue weighted by atomic mass is 9.78. The number of hydrogen-bond donors (Lipinski definition) is 1. The van der Waals surface area contributed by atoms with Crippen LogP contribution in [0.1, 0.15) is 65.7 Å². The van der Waals surface area contributed by atoms with E-state index in [1.807, 2.05) is 11.9 Å². The van der Waals surface area contributed by atoms with E-state index in [1.54, 1.807) is 0 Å². The Labute approximate surface area is 129 Å². The fourth-order valence-electron chi connectivity index (χ4n) is 3.28. The topological polar surface area (TPSA) is 46.3 Å². The molecule has 1 fully saturated rings. The van der Waals surface area contributed by atoms with Gasteiger partial charge in [-0.1, -0.05) is 51.7 Å². The van der Waals surface area contributed by atoms with Crippen LogP contribution in [0, 0.1) is 11.3 Å². The molecule has 0 spiro atoms. The Balaban J connectivity index is 2.90. The van der Waals surface area contributed by atoms with Crippen molar-refractivity contribution in [2.45, 2.75) is 71.8 Å². The van der Waals surface area contributed by atoms with Crippen LogP contribution in [0.25, 0.3) is 0 Å². The molecular weight excluding hydrogens is 268 g/mol. The highest BCUT2D eigenvalue weighted by Gasteiger charge is 2.43. The third-order valence-electron chi connectivity index (χ3n) is 4.63. The molecule has 1 unspecified atom stereocenters. The van der Waals surface area contributed by atoms with Gasteiger partial charge < -0.3 is 10.6 Å². The summed E-state index contributed by atoms with van der Waals surface area (Å²) in [5.41, 5.74) is 5.40. The first-order valence-corrected chi connectivity index (χ1v) is 8.29. The molecule has 2 N–H and O–H groups in total. The van der Waals surface area contributed by atoms with E-state index in [4.69, 9.17) is 18.0 Å². The molecule has 0 heterocycles. The van der Waals surface area contributed by atoms with Crippen LogP contribution in [0.5, 0.6) is 0 Å². The van der Waals surface area contributed by atoms with Crippen molar-refractivity contribution in [2.24, 2.45) is 17.1 Å². The summed E-state index contributed by atoms with van der Waals surface area (Å²) in [7, 11) is 1.90. The van der Waals surface area contributed by atoms with Gasteiger partial charge in [0.2, 0.25) is 5.91 Å². The molecule has 20 heavy (non-hydrogen) atoms. The maximum Gasteiger partial charge on any atom is 0.235 e. The zero-order chi connectivity index (χ0) is 15.3. The van der Waals surface area contributed by atoms with Crippen molar-refractivity contribution in [3.63, 3.8) is 0 Å². The molecule has 1 aliphatic carbocycles. The second kappa shape index (κ2) is 7.39. The zero-order valence-corrected chi connectivity index (χ0v) is 14.3. The molecule has 3 nitrogen and oxygen atoms in total. The number of nitrogens with zero attached hydrogens (tertiary/aromatic N) is 1. The van der Waals surface area contributed by atoms with Gasteiger partial charge in [-0.05, 0) is 32.1 Å². The van der Waals surface area contributed by atoms with Gasteiger partial charge in [-0.3, -0.25) is 4.79 Å². The molecule has 0 bridgehead atoms. The fraction of sp³-hybridized carbons (Fsp3) is 0.875. The quantitative estimate of drug-likeness (QED) is 0.624. The number of rotatable bonds is 5. The Hall–Kier alpha value is -0.640. The van der Waals surface area contributed by atoms with Gasteiger partial charge in [-0.25, -0.2) is 0 Å². The van der Waals surface area contributed by atoms with Crippen LogP contribution in [0.2, 0.25) is 0 Å². The molecule has 0 aromatic heterocycles. The fourth-order valence-corrected chi connectivity index (χ4v) is 3.57. The summed E-state index contributed by atoms with van der Waals surface area (Å²) in [5.74, 6) is 0.718. The lowest BCUT2D eigenvalue weighted by Gasteiger charge is -2.37. The minimum atomic E-state index is -0.591. The molecule has 1 aliphatic rings. The van der Waals surface area contributed by atoms with E-state index >= 15 is 0 Å². The molecule has 0 radical (unpaired) electrons. The van der Waals surface area contributed by atoms with Crippen LogP contribution >= 0.6 is 12.2 Å². The number of hydrogen-bond acceptors (Lipinski definition) is 2. The number of thiocarbonyl (C=S) groups is 1. The van der Waals surface area contributed by atoms with Gasteiger partial charge in [0, 0.05) is 13.1 Å². The van der Waals surface area contributed by atoms with Gasteiger partial charge in [0.15, 0.2) is 0 Å². The average molecular weight is 298 g/mol. The molecule has 116 valence electrons. The van der Waals surface area contributed by atoms with Gasteiger partial charge in [-0.2, -0.15) is 0 Å². The van der Waals surface area contributed by atoms with Crippen molar-refractivity contribution in [3.8, 4) is 0 Å². The van der Waals surface area contributed by atoms with Crippen molar-refractivity contribution in [3.05, 3.63) is 0 Å². The van der Waals surface area contributed by atoms with E-state index in [-0.39, 0.29) is 11.9 Å². The van der Waals surface area contributed by atoms with E-state index in [0.29, 0.717) is 10.9 Å². The molecule has 1 saturated carbocycles. The first-order valence-electron chi connectivity index (χ1n) is 7.88. The molecule has 0 aromatic carbocycles. The van der Waals surface area contributed by atoms with E-state index in [1.165, 1.54) is 12.8 Å². The molecule has 0 aliphatic heterocycles. The summed E-state index contributed by atoms with van der Waals surface area (Å²) in [6, 6.07) is 0.233. The van der Waals surface area contributed by atoms with Crippen LogP contribution in [-0.2, 0) is 4.79 Å². The van der Waals surface area contributed by atoms with Gasteiger partial charge in [0.25, 0.3) is 0 Å². The molecule has 1 amide bonds. The van der Waals surface area contributed by atoms with Crippen LogP contribution in [0.15, 0.2) is 0 Å². The Kier molecular flexibility index (Phi) is 6.44. The highest BCUT2D eigenvalue weighted by molar-refractivity contribution is 7.80. The van der Waals surface area contributed by atoms with Crippen molar-refractivity contribution in [2.75, 3.05) is 7.05 Å². The molecular formula is C16H30N2OS. The van der Waals surface area contributed by atoms with Crippen molar-refractivity contribution < 1.29 is 4.79 Å². The predicted octanol–water partition coefficient (Wildman–Crippen LogP) is 3.51. The Morgan fingerprint density at radius 1 is 1.20 bits per heavy atom. The highest BCUT2D eigenvalue weighted by Crippen LogP contribution is 2.37. The third-order valence-corrected chi connectivity index (χ3v) is 5.02. The summed E-state index contributed by atoms with van der Waals surface area (Å²) in [5, 5.41) is 0.